The Labute approximate surface area is 93.2 Å². The van der Waals surface area contributed by atoms with Crippen LogP contribution in [0.5, 0.6) is 0 Å². The molecular formula is C13H13FN2. The zero-order valence-electron chi connectivity index (χ0n) is 8.83. The van der Waals surface area contributed by atoms with Crippen LogP contribution in [0.1, 0.15) is 18.0 Å². The maximum Gasteiger partial charge on any atom is 0.110 e. The summed E-state index contributed by atoms with van der Waals surface area (Å²) in [5.41, 5.74) is 2.36. The molecule has 0 bridgehead atoms. The lowest BCUT2D eigenvalue weighted by molar-refractivity contribution is 0.473. The molecule has 82 valence electrons. The fourth-order valence-electron chi connectivity index (χ4n) is 2.24. The van der Waals surface area contributed by atoms with Gasteiger partial charge in [-0.25, -0.2) is 4.39 Å². The number of nitrogens with one attached hydrogen (secondary N) is 2. The summed E-state index contributed by atoms with van der Waals surface area (Å²) in [5, 5.41) is 4.42. The predicted octanol–water partition coefficient (Wildman–Crippen LogP) is 3.06. The lowest BCUT2D eigenvalue weighted by Crippen LogP contribution is -2.25. The van der Waals surface area contributed by atoms with Gasteiger partial charge in [-0.3, -0.25) is 0 Å². The van der Waals surface area contributed by atoms with Crippen LogP contribution in [0.2, 0.25) is 0 Å². The molecule has 0 radical (unpaired) electrons. The Morgan fingerprint density at radius 1 is 1.25 bits per heavy atom. The van der Waals surface area contributed by atoms with Crippen LogP contribution in [0.15, 0.2) is 42.4 Å². The molecule has 1 unspecified atom stereocenters. The molecule has 0 fully saturated rings. The van der Waals surface area contributed by atoms with Crippen LogP contribution in [-0.4, -0.2) is 11.5 Å². The van der Waals surface area contributed by atoms with E-state index in [1.54, 1.807) is 6.08 Å². The number of benzene rings is 1. The van der Waals surface area contributed by atoms with E-state index in [1.165, 1.54) is 10.9 Å². The second-order valence-electron chi connectivity index (χ2n) is 4.11. The largest absolute Gasteiger partial charge is 0.361 e. The third-order valence-corrected chi connectivity index (χ3v) is 3.09. The van der Waals surface area contributed by atoms with Gasteiger partial charge in [0.05, 0.1) is 0 Å². The van der Waals surface area contributed by atoms with Crippen LogP contribution in [0.4, 0.5) is 4.39 Å². The molecule has 0 aliphatic carbocycles. The normalized spacial score (nSPS) is 21.1. The molecule has 2 aromatic rings. The van der Waals surface area contributed by atoms with Crippen molar-refractivity contribution in [2.24, 2.45) is 0 Å². The van der Waals surface area contributed by atoms with E-state index in [1.807, 2.05) is 18.3 Å². The molecule has 0 amide bonds. The average Bonchev–Trinajstić information content (AvgIpc) is 2.74. The summed E-state index contributed by atoms with van der Waals surface area (Å²) in [6.07, 6.45) is 4.40. The van der Waals surface area contributed by atoms with Crippen molar-refractivity contribution in [3.8, 4) is 0 Å². The number of aromatic nitrogens is 1. The number of hydrogen-bond donors (Lipinski definition) is 2. The molecule has 1 aliphatic rings. The zero-order chi connectivity index (χ0) is 11.0. The highest BCUT2D eigenvalue weighted by molar-refractivity contribution is 5.83. The minimum Gasteiger partial charge on any atom is -0.361 e. The predicted molar refractivity (Wildman–Crippen MR) is 62.9 cm³/mol. The second-order valence-corrected chi connectivity index (χ2v) is 4.11. The highest BCUT2D eigenvalue weighted by Gasteiger charge is 2.18. The van der Waals surface area contributed by atoms with Gasteiger partial charge >= 0.3 is 0 Å². The van der Waals surface area contributed by atoms with E-state index in [9.17, 15) is 4.39 Å². The molecule has 3 heteroatoms. The number of halogens is 1. The summed E-state index contributed by atoms with van der Waals surface area (Å²) >= 11 is 0. The third-order valence-electron chi connectivity index (χ3n) is 3.09. The maximum absolute atomic E-state index is 12.9. The van der Waals surface area contributed by atoms with Crippen LogP contribution in [0.3, 0.4) is 0 Å². The first kappa shape index (κ1) is 9.60. The van der Waals surface area contributed by atoms with Gasteiger partial charge in [0, 0.05) is 29.7 Å². The van der Waals surface area contributed by atoms with E-state index in [4.69, 9.17) is 0 Å². The highest BCUT2D eigenvalue weighted by atomic mass is 19.1. The summed E-state index contributed by atoms with van der Waals surface area (Å²) in [6.45, 7) is 0.337. The maximum atomic E-state index is 12.9. The molecule has 1 atom stereocenters. The Morgan fingerprint density at radius 2 is 2.12 bits per heavy atom. The van der Waals surface area contributed by atoms with E-state index >= 15 is 0 Å². The van der Waals surface area contributed by atoms with E-state index < -0.39 is 0 Å². The van der Waals surface area contributed by atoms with E-state index in [2.05, 4.69) is 22.4 Å². The lowest BCUT2D eigenvalue weighted by Gasteiger charge is -2.20. The van der Waals surface area contributed by atoms with Crippen molar-refractivity contribution in [3.05, 3.63) is 47.9 Å². The Kier molecular flexibility index (Phi) is 2.26. The molecule has 1 aromatic carbocycles. The molecule has 2 N–H and O–H groups in total. The fraction of sp³-hybridized carbons (Fsp3) is 0.231. The molecule has 0 saturated heterocycles. The molecule has 16 heavy (non-hydrogen) atoms. The Morgan fingerprint density at radius 3 is 2.94 bits per heavy atom. The Hall–Kier alpha value is -1.61. The summed E-state index contributed by atoms with van der Waals surface area (Å²) in [5.74, 6) is -0.0592. The van der Waals surface area contributed by atoms with Gasteiger partial charge < -0.3 is 10.3 Å². The second kappa shape index (κ2) is 3.76. The van der Waals surface area contributed by atoms with Crippen molar-refractivity contribution in [2.75, 3.05) is 6.54 Å². The number of para-hydroxylation sites is 1. The summed E-state index contributed by atoms with van der Waals surface area (Å²) in [6, 6.07) is 8.40. The number of H-pyrrole nitrogens is 1. The number of hydrogen-bond acceptors (Lipinski definition) is 1. The number of fused-ring (bicyclic) bond motifs is 1. The smallest absolute Gasteiger partial charge is 0.110 e. The SMILES string of the molecule is FC1=CCC(c2c[nH]c3ccccc23)NC1. The third kappa shape index (κ3) is 1.53. The topological polar surface area (TPSA) is 27.8 Å². The van der Waals surface area contributed by atoms with Crippen LogP contribution < -0.4 is 5.32 Å². The van der Waals surface area contributed by atoms with Crippen molar-refractivity contribution >= 4 is 10.9 Å². The van der Waals surface area contributed by atoms with Gasteiger partial charge in [-0.1, -0.05) is 18.2 Å². The van der Waals surface area contributed by atoms with Gasteiger partial charge in [0.1, 0.15) is 5.83 Å². The summed E-state index contributed by atoms with van der Waals surface area (Å²) in [4.78, 5) is 3.24. The number of rotatable bonds is 1. The van der Waals surface area contributed by atoms with Gasteiger partial charge in [-0.2, -0.15) is 0 Å². The minimum atomic E-state index is -0.0592. The van der Waals surface area contributed by atoms with Crippen molar-refractivity contribution in [1.82, 2.24) is 10.3 Å². The van der Waals surface area contributed by atoms with Crippen molar-refractivity contribution < 1.29 is 4.39 Å². The van der Waals surface area contributed by atoms with Crippen LogP contribution in [0.25, 0.3) is 10.9 Å². The molecule has 2 heterocycles. The van der Waals surface area contributed by atoms with Gasteiger partial charge in [0.25, 0.3) is 0 Å². The van der Waals surface area contributed by atoms with Gasteiger partial charge in [-0.15, -0.1) is 0 Å². The van der Waals surface area contributed by atoms with Crippen molar-refractivity contribution in [2.45, 2.75) is 12.5 Å². The number of aromatic amines is 1. The van der Waals surface area contributed by atoms with Crippen LogP contribution in [-0.2, 0) is 0 Å². The summed E-state index contributed by atoms with van der Waals surface area (Å²) in [7, 11) is 0. The molecule has 0 spiro atoms. The van der Waals surface area contributed by atoms with Gasteiger partial charge in [0.2, 0.25) is 0 Å². The monoisotopic (exact) mass is 216 g/mol. The molecule has 3 rings (SSSR count). The van der Waals surface area contributed by atoms with Gasteiger partial charge in [0.15, 0.2) is 0 Å². The molecule has 0 saturated carbocycles. The molecule has 2 nitrogen and oxygen atoms in total. The van der Waals surface area contributed by atoms with E-state index in [0.717, 1.165) is 5.52 Å². The van der Waals surface area contributed by atoms with Crippen molar-refractivity contribution in [1.29, 1.82) is 0 Å². The molecule has 1 aromatic heterocycles. The Balaban J connectivity index is 2.00. The minimum absolute atomic E-state index is 0.0592. The highest BCUT2D eigenvalue weighted by Crippen LogP contribution is 2.28. The van der Waals surface area contributed by atoms with Crippen molar-refractivity contribution in [3.63, 3.8) is 0 Å². The fourth-order valence-corrected chi connectivity index (χ4v) is 2.24. The van der Waals surface area contributed by atoms with Crippen LogP contribution >= 0.6 is 0 Å². The average molecular weight is 216 g/mol. The van der Waals surface area contributed by atoms with E-state index in [-0.39, 0.29) is 11.9 Å². The molecule has 1 aliphatic heterocycles. The first-order valence-corrected chi connectivity index (χ1v) is 5.48. The van der Waals surface area contributed by atoms with Crippen LogP contribution in [0, 0.1) is 0 Å². The lowest BCUT2D eigenvalue weighted by atomic mass is 10.0. The first-order valence-electron chi connectivity index (χ1n) is 5.48. The van der Waals surface area contributed by atoms with Gasteiger partial charge in [-0.05, 0) is 24.1 Å². The molecular weight excluding hydrogens is 203 g/mol. The summed E-state index contributed by atoms with van der Waals surface area (Å²) < 4.78 is 12.9. The standard InChI is InChI=1S/C13H13FN2/c14-9-5-6-13(15-7-9)11-8-16-12-4-2-1-3-10(11)12/h1-5,8,13,15-16H,6-7H2. The Bertz CT molecular complexity index is 542. The van der Waals surface area contributed by atoms with E-state index in [0.29, 0.717) is 13.0 Å². The first-order chi connectivity index (χ1) is 7.84. The quantitative estimate of drug-likeness (QED) is 0.753. The zero-order valence-corrected chi connectivity index (χ0v) is 8.83.